The lowest BCUT2D eigenvalue weighted by Gasteiger charge is -2.23. The van der Waals surface area contributed by atoms with Crippen molar-refractivity contribution in [2.24, 2.45) is 13.0 Å². The molecule has 1 aromatic carbocycles. The van der Waals surface area contributed by atoms with Crippen molar-refractivity contribution in [1.29, 1.82) is 0 Å². The molecule has 0 aliphatic carbocycles. The fourth-order valence-electron chi connectivity index (χ4n) is 5.99. The maximum Gasteiger partial charge on any atom is 0.341 e. The topological polar surface area (TPSA) is 119 Å². The van der Waals surface area contributed by atoms with Crippen LogP contribution >= 0.6 is 0 Å². The summed E-state index contributed by atoms with van der Waals surface area (Å²) >= 11 is 0. The molecular weight excluding hydrogens is 570 g/mol. The smallest absolute Gasteiger partial charge is 0.341 e. The Bertz CT molecular complexity index is 2020. The molecule has 14 heteroatoms. The molecule has 5 aromatic rings. The van der Waals surface area contributed by atoms with E-state index in [0.717, 1.165) is 6.07 Å². The number of aromatic carboxylic acids is 1. The van der Waals surface area contributed by atoms with Crippen molar-refractivity contribution in [2.75, 3.05) is 51.0 Å². The van der Waals surface area contributed by atoms with Crippen molar-refractivity contribution < 1.29 is 27.5 Å². The predicted octanol–water partition coefficient (Wildman–Crippen LogP) is 4.28. The zero-order valence-electron chi connectivity index (χ0n) is 23.6. The second-order valence-electron chi connectivity index (χ2n) is 11.1. The lowest BCUT2D eigenvalue weighted by atomic mass is 10.0. The van der Waals surface area contributed by atoms with Gasteiger partial charge in [-0.25, -0.2) is 32.3 Å². The van der Waals surface area contributed by atoms with Crippen molar-refractivity contribution in [3.05, 3.63) is 58.1 Å². The van der Waals surface area contributed by atoms with Crippen molar-refractivity contribution in [2.45, 2.75) is 5.92 Å². The normalized spacial score (nSPS) is 16.7. The molecule has 0 amide bonds. The number of carbonyl (C=O) groups is 1. The number of nitrogens with one attached hydrogen (secondary N) is 2. The summed E-state index contributed by atoms with van der Waals surface area (Å²) in [5.41, 5.74) is 0.210. The predicted molar refractivity (Wildman–Crippen MR) is 155 cm³/mol. The molecule has 4 aromatic heterocycles. The van der Waals surface area contributed by atoms with Crippen molar-refractivity contribution in [3.63, 3.8) is 0 Å². The third kappa shape index (κ3) is 4.44. The highest BCUT2D eigenvalue weighted by Gasteiger charge is 2.49. The Hall–Kier alpha value is -4.72. The second-order valence-corrected chi connectivity index (χ2v) is 11.1. The van der Waals surface area contributed by atoms with Crippen LogP contribution in [-0.2, 0) is 7.05 Å². The number of rotatable bonds is 6. The average molecular weight is 598 g/mol. The Morgan fingerprint density at radius 2 is 1.95 bits per heavy atom. The highest BCUT2D eigenvalue weighted by atomic mass is 19.3. The number of carboxylic acid groups (broad SMARTS) is 1. The number of aromatic amines is 1. The number of aryl methyl sites for hydroxylation is 1. The van der Waals surface area contributed by atoms with E-state index in [1.807, 2.05) is 0 Å². The Labute approximate surface area is 241 Å². The van der Waals surface area contributed by atoms with Crippen LogP contribution in [0.4, 0.5) is 28.9 Å². The number of carboxylic acids is 1. The van der Waals surface area contributed by atoms with Gasteiger partial charge in [-0.3, -0.25) is 4.79 Å². The molecule has 0 saturated carbocycles. The van der Waals surface area contributed by atoms with E-state index in [1.165, 1.54) is 41.2 Å². The van der Waals surface area contributed by atoms with Gasteiger partial charge < -0.3 is 29.8 Å². The second kappa shape index (κ2) is 9.93. The maximum atomic E-state index is 15.6. The first-order valence-electron chi connectivity index (χ1n) is 13.3. The van der Waals surface area contributed by atoms with Gasteiger partial charge in [0, 0.05) is 63.0 Å². The van der Waals surface area contributed by atoms with Gasteiger partial charge in [0.25, 0.3) is 5.92 Å². The van der Waals surface area contributed by atoms with Gasteiger partial charge in [0.15, 0.2) is 11.6 Å². The fraction of sp³-hybridized carbons (Fsp3) is 0.310. The van der Waals surface area contributed by atoms with E-state index in [-0.39, 0.29) is 68.6 Å². The first kappa shape index (κ1) is 28.4. The maximum absolute atomic E-state index is 15.6. The fourth-order valence-corrected chi connectivity index (χ4v) is 5.99. The van der Waals surface area contributed by atoms with Crippen LogP contribution in [0.1, 0.15) is 10.4 Å². The first-order chi connectivity index (χ1) is 20.3. The number of halogens is 4. The van der Waals surface area contributed by atoms with Crippen LogP contribution in [0.25, 0.3) is 44.1 Å². The number of hydrogen-bond acceptors (Lipinski definition) is 7. The van der Waals surface area contributed by atoms with Crippen molar-refractivity contribution in [1.82, 2.24) is 24.4 Å². The van der Waals surface area contributed by atoms with E-state index in [4.69, 9.17) is 0 Å². The summed E-state index contributed by atoms with van der Waals surface area (Å²) in [6.45, 7) is -0.725. The van der Waals surface area contributed by atoms with E-state index >= 15 is 13.2 Å². The van der Waals surface area contributed by atoms with Gasteiger partial charge in [0.05, 0.1) is 45.5 Å². The number of nitrogens with zero attached hydrogens (tertiary/aromatic N) is 5. The monoisotopic (exact) mass is 597 g/mol. The van der Waals surface area contributed by atoms with Crippen LogP contribution in [0.3, 0.4) is 0 Å². The highest BCUT2D eigenvalue weighted by molar-refractivity contribution is 6.18. The van der Waals surface area contributed by atoms with Gasteiger partial charge in [0.1, 0.15) is 16.9 Å². The quantitative estimate of drug-likeness (QED) is 0.248. The average Bonchev–Trinajstić information content (AvgIpc) is 3.48. The van der Waals surface area contributed by atoms with Crippen LogP contribution in [0.15, 0.2) is 35.5 Å². The third-order valence-electron chi connectivity index (χ3n) is 7.93. The van der Waals surface area contributed by atoms with Gasteiger partial charge in [-0.1, -0.05) is 0 Å². The Kier molecular flexibility index (Phi) is 6.56. The summed E-state index contributed by atoms with van der Waals surface area (Å²) in [4.78, 5) is 39.7. The third-order valence-corrected chi connectivity index (χ3v) is 7.93. The number of hydrogen-bond donors (Lipinski definition) is 3. The first-order valence-corrected chi connectivity index (χ1v) is 13.3. The minimum Gasteiger partial charge on any atom is -0.477 e. The lowest BCUT2D eigenvalue weighted by molar-refractivity contribution is -0.0280. The van der Waals surface area contributed by atoms with Crippen LogP contribution in [0.5, 0.6) is 0 Å². The minimum absolute atomic E-state index is 0.0168. The number of anilines is 2. The molecule has 10 nitrogen and oxygen atoms in total. The Balaban J connectivity index is 1.69. The molecule has 1 aliphatic rings. The molecule has 1 aliphatic heterocycles. The van der Waals surface area contributed by atoms with E-state index < -0.39 is 47.0 Å². The standard InChI is InChI=1S/C29H27F4N7O3/c1-34-19-6-18(30)22(31)20-21-24(40-10-14(9-38(2)3)29(32,33)12-40)16(8-35-26(21)37-23(19)20)13-5-15-25(41)17(28(42)43)11-39(4)27(15)36-7-13/h5-8,11,14,34H,9-10,12H2,1-4H3,(H,35,37)(H,42,43). The molecule has 5 heterocycles. The molecule has 0 spiro atoms. The number of benzene rings is 1. The van der Waals surface area contributed by atoms with Crippen LogP contribution < -0.4 is 15.6 Å². The molecule has 224 valence electrons. The molecule has 1 atom stereocenters. The number of aromatic nitrogens is 4. The summed E-state index contributed by atoms with van der Waals surface area (Å²) < 4.78 is 62.6. The molecule has 6 rings (SSSR count). The molecule has 43 heavy (non-hydrogen) atoms. The zero-order valence-corrected chi connectivity index (χ0v) is 23.6. The lowest BCUT2D eigenvalue weighted by Crippen LogP contribution is -2.34. The number of pyridine rings is 3. The van der Waals surface area contributed by atoms with Gasteiger partial charge in [-0.05, 0) is 20.2 Å². The minimum atomic E-state index is -3.11. The number of alkyl halides is 2. The van der Waals surface area contributed by atoms with E-state index in [2.05, 4.69) is 20.3 Å². The highest BCUT2D eigenvalue weighted by Crippen LogP contribution is 2.46. The Morgan fingerprint density at radius 3 is 2.63 bits per heavy atom. The molecule has 1 fully saturated rings. The van der Waals surface area contributed by atoms with Crippen LogP contribution in [-0.4, -0.2) is 82.2 Å². The van der Waals surface area contributed by atoms with Crippen LogP contribution in [0, 0.1) is 17.6 Å². The molecule has 0 radical (unpaired) electrons. The molecule has 1 saturated heterocycles. The summed E-state index contributed by atoms with van der Waals surface area (Å²) in [7, 11) is 6.47. The summed E-state index contributed by atoms with van der Waals surface area (Å²) in [5, 5.41) is 12.3. The van der Waals surface area contributed by atoms with Gasteiger partial charge in [-0.2, -0.15) is 0 Å². The molecule has 1 unspecified atom stereocenters. The van der Waals surface area contributed by atoms with Crippen LogP contribution in [0.2, 0.25) is 0 Å². The SMILES string of the molecule is CNc1cc(F)c(F)c2c1[nH]c1ncc(-c3cnc4c(c3)c(=O)c(C(=O)O)cn4C)c(N3CC(CN(C)C)C(F)(F)C3)c12. The molecular formula is C29H27F4N7O3. The molecule has 0 bridgehead atoms. The molecule has 3 N–H and O–H groups in total. The summed E-state index contributed by atoms with van der Waals surface area (Å²) in [5.74, 6) is -7.91. The summed E-state index contributed by atoms with van der Waals surface area (Å²) in [6.07, 6.45) is 3.97. The number of H-pyrrole nitrogens is 1. The van der Waals surface area contributed by atoms with Crippen molar-refractivity contribution in [3.8, 4) is 11.1 Å². The van der Waals surface area contributed by atoms with Gasteiger partial charge >= 0.3 is 5.97 Å². The van der Waals surface area contributed by atoms with Gasteiger partial charge in [0.2, 0.25) is 5.43 Å². The van der Waals surface area contributed by atoms with E-state index in [1.54, 1.807) is 26.0 Å². The van der Waals surface area contributed by atoms with E-state index in [9.17, 15) is 19.1 Å². The zero-order chi connectivity index (χ0) is 31.0. The van der Waals surface area contributed by atoms with E-state index in [0.29, 0.717) is 0 Å². The number of fused-ring (bicyclic) bond motifs is 4. The summed E-state index contributed by atoms with van der Waals surface area (Å²) in [6, 6.07) is 2.41. The van der Waals surface area contributed by atoms with Gasteiger partial charge in [-0.15, -0.1) is 0 Å². The Morgan fingerprint density at radius 1 is 1.21 bits per heavy atom. The largest absolute Gasteiger partial charge is 0.477 e. The van der Waals surface area contributed by atoms with Crippen molar-refractivity contribution >= 4 is 50.3 Å².